The highest BCUT2D eigenvalue weighted by molar-refractivity contribution is 7.92. The van der Waals surface area contributed by atoms with Gasteiger partial charge in [-0.3, -0.25) is 9.71 Å². The number of aromatic nitrogens is 1. The zero-order valence-corrected chi connectivity index (χ0v) is 25.7. The number of sulfonamides is 1. The number of urea groups is 1. The van der Waals surface area contributed by atoms with Crippen LogP contribution in [0.3, 0.4) is 0 Å². The second kappa shape index (κ2) is 12.3. The van der Waals surface area contributed by atoms with E-state index in [1.165, 1.54) is 7.11 Å². The Bertz CT molecular complexity index is 1720. The molecule has 1 heterocycles. The van der Waals surface area contributed by atoms with E-state index >= 15 is 0 Å². The van der Waals surface area contributed by atoms with E-state index in [0.29, 0.717) is 29.4 Å². The lowest BCUT2D eigenvalue weighted by atomic mass is 9.86. The van der Waals surface area contributed by atoms with Crippen LogP contribution in [-0.4, -0.2) is 51.8 Å². The molecule has 0 saturated heterocycles. The molecule has 0 fully saturated rings. The molecule has 4 rings (SSSR count). The summed E-state index contributed by atoms with van der Waals surface area (Å²) in [7, 11) is 1.78. The molecule has 0 radical (unpaired) electrons. The molecule has 1 aromatic heterocycles. The molecule has 0 aliphatic rings. The van der Waals surface area contributed by atoms with Crippen LogP contribution in [0.4, 0.5) is 21.9 Å². The quantitative estimate of drug-likeness (QED) is 0.206. The predicted octanol–water partition coefficient (Wildman–Crippen LogP) is 6.41. The first-order valence-corrected chi connectivity index (χ1v) is 15.2. The zero-order valence-electron chi connectivity index (χ0n) is 24.9. The second-order valence-corrected chi connectivity index (χ2v) is 13.0. The van der Waals surface area contributed by atoms with E-state index in [1.54, 1.807) is 36.5 Å². The van der Waals surface area contributed by atoms with E-state index in [-0.39, 0.29) is 16.9 Å². The molecule has 11 heteroatoms. The minimum atomic E-state index is -3.60. The number of amides is 2. The number of nitrogens with one attached hydrogen (secondary N) is 3. The molecule has 0 unspecified atom stereocenters. The Hall–Kier alpha value is -4.35. The Morgan fingerprint density at radius 2 is 1.60 bits per heavy atom. The highest BCUT2D eigenvalue weighted by atomic mass is 32.2. The lowest BCUT2D eigenvalue weighted by molar-refractivity contribution is 0.262. The fraction of sp³-hybridized carbons (Fsp3) is 0.290. The van der Waals surface area contributed by atoms with Gasteiger partial charge in [0.2, 0.25) is 10.0 Å². The van der Waals surface area contributed by atoms with E-state index in [1.807, 2.05) is 70.1 Å². The van der Waals surface area contributed by atoms with Gasteiger partial charge in [0.25, 0.3) is 0 Å². The van der Waals surface area contributed by atoms with Crippen LogP contribution in [0, 0.1) is 0 Å². The molecule has 2 amide bonds. The summed E-state index contributed by atoms with van der Waals surface area (Å²) in [6, 6.07) is 17.9. The Kier molecular flexibility index (Phi) is 8.93. The molecule has 3 aromatic carbocycles. The van der Waals surface area contributed by atoms with Crippen LogP contribution in [0.2, 0.25) is 0 Å². The second-order valence-electron chi connectivity index (χ2n) is 11.3. The van der Waals surface area contributed by atoms with Crippen molar-refractivity contribution < 1.29 is 22.7 Å². The fourth-order valence-electron chi connectivity index (χ4n) is 4.45. The summed E-state index contributed by atoms with van der Waals surface area (Å²) in [5, 5.41) is 7.35. The van der Waals surface area contributed by atoms with Crippen LogP contribution < -0.4 is 24.8 Å². The van der Waals surface area contributed by atoms with Crippen molar-refractivity contribution in [2.24, 2.45) is 0 Å². The number of hydrogen-bond donors (Lipinski definition) is 3. The summed E-state index contributed by atoms with van der Waals surface area (Å²) in [5.41, 5.74) is 2.49. The van der Waals surface area contributed by atoms with Gasteiger partial charge in [-0.25, -0.2) is 13.2 Å². The third kappa shape index (κ3) is 7.68. The van der Waals surface area contributed by atoms with E-state index in [4.69, 9.17) is 9.47 Å². The molecule has 10 nitrogen and oxygen atoms in total. The largest absolute Gasteiger partial charge is 0.492 e. The van der Waals surface area contributed by atoms with Gasteiger partial charge in [-0.05, 0) is 55.4 Å². The van der Waals surface area contributed by atoms with Crippen molar-refractivity contribution in [3.63, 3.8) is 0 Å². The summed E-state index contributed by atoms with van der Waals surface area (Å²) < 4.78 is 38.4. The molecular formula is C31H37N5O5S. The Labute approximate surface area is 247 Å². The number of nitrogens with zero attached hydrogens (tertiary/aromatic N) is 2. The smallest absolute Gasteiger partial charge is 0.323 e. The van der Waals surface area contributed by atoms with Gasteiger partial charge in [0.15, 0.2) is 5.75 Å². The molecule has 0 spiro atoms. The van der Waals surface area contributed by atoms with Crippen molar-refractivity contribution in [1.82, 2.24) is 9.88 Å². The number of fused-ring (bicyclic) bond motifs is 1. The number of rotatable bonds is 9. The van der Waals surface area contributed by atoms with Crippen LogP contribution in [-0.2, 0) is 22.0 Å². The van der Waals surface area contributed by atoms with Gasteiger partial charge in [-0.2, -0.15) is 0 Å². The first-order valence-electron chi connectivity index (χ1n) is 13.3. The number of carbonyl (C=O) groups is 1. The molecule has 42 heavy (non-hydrogen) atoms. The minimum Gasteiger partial charge on any atom is -0.492 e. The molecule has 0 atom stereocenters. The van der Waals surface area contributed by atoms with E-state index in [0.717, 1.165) is 28.3 Å². The maximum Gasteiger partial charge on any atom is 0.323 e. The molecular weight excluding hydrogens is 554 g/mol. The van der Waals surface area contributed by atoms with Crippen LogP contribution in [0.1, 0.15) is 32.0 Å². The van der Waals surface area contributed by atoms with Crippen LogP contribution in [0.25, 0.3) is 10.8 Å². The van der Waals surface area contributed by atoms with Crippen molar-refractivity contribution in [2.45, 2.75) is 32.7 Å². The summed E-state index contributed by atoms with van der Waals surface area (Å²) in [6.45, 7) is 6.67. The summed E-state index contributed by atoms with van der Waals surface area (Å²) in [6.07, 6.45) is 2.78. The average molecular weight is 592 g/mol. The predicted molar refractivity (Wildman–Crippen MR) is 168 cm³/mol. The number of benzene rings is 3. The van der Waals surface area contributed by atoms with Crippen molar-refractivity contribution in [2.75, 3.05) is 42.8 Å². The van der Waals surface area contributed by atoms with Crippen molar-refractivity contribution in [3.8, 4) is 17.2 Å². The molecule has 222 valence electrons. The third-order valence-electron chi connectivity index (χ3n) is 6.33. The third-order valence-corrected chi connectivity index (χ3v) is 6.92. The number of methoxy groups -OCH3 is 1. The standard InChI is InChI=1S/C31H37N5O5S/c1-31(2,3)20-16-26(29(40-6)27(17-20)35-42(7,38)39)34-30(37)33-25-12-13-28(24-11-9-8-10-23(24)25)41-22-14-15-32-21(18-22)19-36(4)5/h8-18,35H,19H2,1-7H3,(H2,33,34,37). The van der Waals surface area contributed by atoms with Crippen LogP contribution in [0.15, 0.2) is 66.9 Å². The Morgan fingerprint density at radius 3 is 2.24 bits per heavy atom. The van der Waals surface area contributed by atoms with E-state index in [9.17, 15) is 13.2 Å². The van der Waals surface area contributed by atoms with Gasteiger partial charge < -0.3 is 25.0 Å². The van der Waals surface area contributed by atoms with Gasteiger partial charge in [-0.15, -0.1) is 0 Å². The summed E-state index contributed by atoms with van der Waals surface area (Å²) in [5.74, 6) is 1.49. The topological polar surface area (TPSA) is 122 Å². The molecule has 0 aliphatic carbocycles. The molecule has 3 N–H and O–H groups in total. The molecule has 0 bridgehead atoms. The number of carbonyl (C=O) groups excluding carboxylic acids is 1. The van der Waals surface area contributed by atoms with Gasteiger partial charge in [-0.1, -0.05) is 45.0 Å². The fourth-order valence-corrected chi connectivity index (χ4v) is 5.00. The molecule has 0 saturated carbocycles. The van der Waals surface area contributed by atoms with Crippen molar-refractivity contribution in [1.29, 1.82) is 0 Å². The highest BCUT2D eigenvalue weighted by Crippen LogP contribution is 2.40. The lowest BCUT2D eigenvalue weighted by Crippen LogP contribution is -2.22. The number of pyridine rings is 1. The maximum absolute atomic E-state index is 13.3. The first-order chi connectivity index (χ1) is 19.7. The minimum absolute atomic E-state index is 0.197. The van der Waals surface area contributed by atoms with Gasteiger partial charge in [0.05, 0.1) is 36.1 Å². The SMILES string of the molecule is COc1c(NC(=O)Nc2ccc(Oc3ccnc(CN(C)C)c3)c3ccccc23)cc(C(C)(C)C)cc1NS(C)(=O)=O. The summed E-state index contributed by atoms with van der Waals surface area (Å²) in [4.78, 5) is 19.7. The van der Waals surface area contributed by atoms with Crippen molar-refractivity contribution >= 4 is 43.9 Å². The number of ether oxygens (including phenoxy) is 2. The number of anilines is 3. The first kappa shape index (κ1) is 30.6. The summed E-state index contributed by atoms with van der Waals surface area (Å²) >= 11 is 0. The zero-order chi connectivity index (χ0) is 30.7. The van der Waals surface area contributed by atoms with Gasteiger partial charge >= 0.3 is 6.03 Å². The van der Waals surface area contributed by atoms with Crippen LogP contribution >= 0.6 is 0 Å². The Balaban J connectivity index is 1.64. The lowest BCUT2D eigenvalue weighted by Gasteiger charge is -2.24. The van der Waals surface area contributed by atoms with Crippen molar-refractivity contribution in [3.05, 3.63) is 78.1 Å². The average Bonchev–Trinajstić information content (AvgIpc) is 2.88. The normalized spacial score (nSPS) is 11.8. The van der Waals surface area contributed by atoms with E-state index < -0.39 is 16.1 Å². The molecule has 4 aromatic rings. The van der Waals surface area contributed by atoms with Crippen LogP contribution in [0.5, 0.6) is 17.2 Å². The molecule has 0 aliphatic heterocycles. The van der Waals surface area contributed by atoms with Gasteiger partial charge in [0.1, 0.15) is 11.5 Å². The monoisotopic (exact) mass is 591 g/mol. The van der Waals surface area contributed by atoms with Gasteiger partial charge in [0, 0.05) is 29.6 Å². The highest BCUT2D eigenvalue weighted by Gasteiger charge is 2.22. The Morgan fingerprint density at radius 1 is 0.929 bits per heavy atom. The number of hydrogen-bond acceptors (Lipinski definition) is 7. The maximum atomic E-state index is 13.3. The van der Waals surface area contributed by atoms with E-state index in [2.05, 4.69) is 20.3 Å².